The molecule has 2 aromatic carbocycles. The molecule has 3 rings (SSSR count). The van der Waals surface area contributed by atoms with Crippen LogP contribution >= 0.6 is 0 Å². The maximum Gasteiger partial charge on any atom is 0.0782 e. The zero-order valence-electron chi connectivity index (χ0n) is 8.57. The molecule has 1 heteroatoms. The topological polar surface area (TPSA) is 12.9 Å². The third kappa shape index (κ3) is 1.20. The fourth-order valence-corrected chi connectivity index (χ4v) is 2.09. The monoisotopic (exact) mass is 193 g/mol. The first-order valence-electron chi connectivity index (χ1n) is 5.09. The van der Waals surface area contributed by atoms with Gasteiger partial charge in [-0.05, 0) is 23.9 Å². The SMILES string of the molecule is Cc1cc2ccccc2c2ncccc12. The van der Waals surface area contributed by atoms with E-state index in [1.807, 2.05) is 12.3 Å². The molecule has 0 bridgehead atoms. The lowest BCUT2D eigenvalue weighted by Crippen LogP contribution is -1.84. The molecule has 0 saturated carbocycles. The summed E-state index contributed by atoms with van der Waals surface area (Å²) in [5, 5.41) is 3.75. The van der Waals surface area contributed by atoms with Crippen LogP contribution in [0.15, 0.2) is 48.7 Å². The molecule has 3 aromatic rings. The van der Waals surface area contributed by atoms with E-state index in [1.54, 1.807) is 0 Å². The fraction of sp³-hybridized carbons (Fsp3) is 0.0714. The third-order valence-electron chi connectivity index (χ3n) is 2.82. The Morgan fingerprint density at radius 3 is 2.67 bits per heavy atom. The number of rotatable bonds is 0. The van der Waals surface area contributed by atoms with Crippen LogP contribution in [0.5, 0.6) is 0 Å². The molecule has 0 saturated heterocycles. The zero-order valence-corrected chi connectivity index (χ0v) is 8.57. The Morgan fingerprint density at radius 2 is 1.73 bits per heavy atom. The third-order valence-corrected chi connectivity index (χ3v) is 2.82. The second-order valence-electron chi connectivity index (χ2n) is 3.81. The van der Waals surface area contributed by atoms with Gasteiger partial charge in [0.05, 0.1) is 5.52 Å². The van der Waals surface area contributed by atoms with Gasteiger partial charge in [-0.2, -0.15) is 0 Å². The Hall–Kier alpha value is -1.89. The predicted molar refractivity (Wildman–Crippen MR) is 64.0 cm³/mol. The molecule has 1 heterocycles. The smallest absolute Gasteiger partial charge is 0.0782 e. The van der Waals surface area contributed by atoms with Crippen molar-refractivity contribution < 1.29 is 0 Å². The lowest BCUT2D eigenvalue weighted by molar-refractivity contribution is 1.41. The molecule has 1 aromatic heterocycles. The highest BCUT2D eigenvalue weighted by molar-refractivity contribution is 6.06. The van der Waals surface area contributed by atoms with Gasteiger partial charge in [-0.15, -0.1) is 0 Å². The van der Waals surface area contributed by atoms with Gasteiger partial charge >= 0.3 is 0 Å². The predicted octanol–water partition coefficient (Wildman–Crippen LogP) is 3.70. The van der Waals surface area contributed by atoms with Crippen LogP contribution in [0.1, 0.15) is 5.56 Å². The van der Waals surface area contributed by atoms with Gasteiger partial charge in [0.1, 0.15) is 0 Å². The summed E-state index contributed by atoms with van der Waals surface area (Å²) in [7, 11) is 0. The van der Waals surface area contributed by atoms with E-state index in [0.29, 0.717) is 0 Å². The van der Waals surface area contributed by atoms with Crippen LogP contribution in [0.4, 0.5) is 0 Å². The summed E-state index contributed by atoms with van der Waals surface area (Å²) in [6.45, 7) is 2.14. The van der Waals surface area contributed by atoms with E-state index in [1.165, 1.54) is 21.7 Å². The van der Waals surface area contributed by atoms with Crippen molar-refractivity contribution >= 4 is 21.7 Å². The van der Waals surface area contributed by atoms with Crippen LogP contribution in [-0.2, 0) is 0 Å². The number of benzene rings is 2. The molecule has 0 aliphatic carbocycles. The Kier molecular flexibility index (Phi) is 1.72. The lowest BCUT2D eigenvalue weighted by atomic mass is 10.0. The van der Waals surface area contributed by atoms with Crippen molar-refractivity contribution in [3.8, 4) is 0 Å². The normalized spacial score (nSPS) is 11.0. The number of pyridine rings is 1. The van der Waals surface area contributed by atoms with Crippen molar-refractivity contribution in [3.63, 3.8) is 0 Å². The van der Waals surface area contributed by atoms with Crippen molar-refractivity contribution in [2.24, 2.45) is 0 Å². The number of hydrogen-bond donors (Lipinski definition) is 0. The summed E-state index contributed by atoms with van der Waals surface area (Å²) in [6.07, 6.45) is 1.86. The van der Waals surface area contributed by atoms with E-state index in [-0.39, 0.29) is 0 Å². The minimum absolute atomic E-state index is 1.10. The Morgan fingerprint density at radius 1 is 0.933 bits per heavy atom. The highest BCUT2D eigenvalue weighted by Crippen LogP contribution is 2.26. The van der Waals surface area contributed by atoms with Gasteiger partial charge in [0.25, 0.3) is 0 Å². The largest absolute Gasteiger partial charge is 0.256 e. The van der Waals surface area contributed by atoms with Crippen molar-refractivity contribution in [2.45, 2.75) is 6.92 Å². The summed E-state index contributed by atoms with van der Waals surface area (Å²) >= 11 is 0. The molecular formula is C14H11N. The Balaban J connectivity index is 2.64. The summed E-state index contributed by atoms with van der Waals surface area (Å²) in [4.78, 5) is 4.47. The Bertz CT molecular complexity index is 641. The molecule has 0 amide bonds. The molecule has 0 radical (unpaired) electrons. The number of aromatic nitrogens is 1. The van der Waals surface area contributed by atoms with Crippen LogP contribution in [0.3, 0.4) is 0 Å². The molecule has 0 spiro atoms. The van der Waals surface area contributed by atoms with Crippen LogP contribution in [0.25, 0.3) is 21.7 Å². The maximum absolute atomic E-state index is 4.47. The second kappa shape index (κ2) is 3.06. The van der Waals surface area contributed by atoms with E-state index in [0.717, 1.165) is 5.52 Å². The molecular weight excluding hydrogens is 182 g/mol. The van der Waals surface area contributed by atoms with E-state index in [9.17, 15) is 0 Å². The molecule has 15 heavy (non-hydrogen) atoms. The average Bonchev–Trinajstić information content (AvgIpc) is 2.30. The number of aryl methyl sites for hydroxylation is 1. The van der Waals surface area contributed by atoms with Crippen molar-refractivity contribution in [2.75, 3.05) is 0 Å². The first-order valence-corrected chi connectivity index (χ1v) is 5.09. The zero-order chi connectivity index (χ0) is 10.3. The van der Waals surface area contributed by atoms with Crippen LogP contribution < -0.4 is 0 Å². The van der Waals surface area contributed by atoms with E-state index < -0.39 is 0 Å². The van der Waals surface area contributed by atoms with Gasteiger partial charge < -0.3 is 0 Å². The quantitative estimate of drug-likeness (QED) is 0.496. The van der Waals surface area contributed by atoms with Gasteiger partial charge in [-0.3, -0.25) is 4.98 Å². The fourth-order valence-electron chi connectivity index (χ4n) is 2.09. The standard InChI is InChI=1S/C14H11N/c1-10-9-11-5-2-3-6-13(11)14-12(10)7-4-8-15-14/h2-9H,1H3. The van der Waals surface area contributed by atoms with Crippen molar-refractivity contribution in [1.29, 1.82) is 0 Å². The van der Waals surface area contributed by atoms with Crippen LogP contribution in [-0.4, -0.2) is 4.98 Å². The maximum atomic E-state index is 4.47. The summed E-state index contributed by atoms with van der Waals surface area (Å²) in [5.74, 6) is 0. The highest BCUT2D eigenvalue weighted by atomic mass is 14.6. The van der Waals surface area contributed by atoms with Gasteiger partial charge in [0, 0.05) is 17.0 Å². The highest BCUT2D eigenvalue weighted by Gasteiger charge is 2.02. The molecule has 72 valence electrons. The molecule has 0 aliphatic rings. The molecule has 0 N–H and O–H groups in total. The number of nitrogens with zero attached hydrogens (tertiary/aromatic N) is 1. The van der Waals surface area contributed by atoms with Crippen molar-refractivity contribution in [3.05, 3.63) is 54.2 Å². The van der Waals surface area contributed by atoms with Crippen molar-refractivity contribution in [1.82, 2.24) is 4.98 Å². The summed E-state index contributed by atoms with van der Waals surface area (Å²) < 4.78 is 0. The molecule has 1 nitrogen and oxygen atoms in total. The summed E-state index contributed by atoms with van der Waals surface area (Å²) in [6, 6.07) is 14.7. The van der Waals surface area contributed by atoms with E-state index in [2.05, 4.69) is 48.3 Å². The van der Waals surface area contributed by atoms with E-state index >= 15 is 0 Å². The number of fused-ring (bicyclic) bond motifs is 3. The molecule has 0 fully saturated rings. The van der Waals surface area contributed by atoms with Crippen LogP contribution in [0.2, 0.25) is 0 Å². The minimum atomic E-state index is 1.10. The van der Waals surface area contributed by atoms with Gasteiger partial charge in [-0.25, -0.2) is 0 Å². The van der Waals surface area contributed by atoms with E-state index in [4.69, 9.17) is 0 Å². The first-order chi connectivity index (χ1) is 7.36. The lowest BCUT2D eigenvalue weighted by Gasteiger charge is -2.05. The molecule has 0 aliphatic heterocycles. The molecule has 0 atom stereocenters. The minimum Gasteiger partial charge on any atom is -0.256 e. The first kappa shape index (κ1) is 8.42. The molecule has 0 unspecified atom stereocenters. The number of hydrogen-bond acceptors (Lipinski definition) is 1. The van der Waals surface area contributed by atoms with Crippen LogP contribution in [0, 0.1) is 6.92 Å². The average molecular weight is 193 g/mol. The summed E-state index contributed by atoms with van der Waals surface area (Å²) in [5.41, 5.74) is 2.39. The Labute approximate surface area is 88.4 Å². The van der Waals surface area contributed by atoms with Gasteiger partial charge in [0.15, 0.2) is 0 Å². The van der Waals surface area contributed by atoms with Gasteiger partial charge in [-0.1, -0.05) is 36.4 Å². The van der Waals surface area contributed by atoms with Gasteiger partial charge in [0.2, 0.25) is 0 Å². The second-order valence-corrected chi connectivity index (χ2v) is 3.81.